The Kier molecular flexibility index (Phi) is 4.44. The zero-order chi connectivity index (χ0) is 17.9. The lowest BCUT2D eigenvalue weighted by Gasteiger charge is -2.15. The number of hydrogen-bond acceptors (Lipinski definition) is 2. The Hall–Kier alpha value is -3.07. The molecule has 0 radical (unpaired) electrons. The Labute approximate surface area is 154 Å². The summed E-state index contributed by atoms with van der Waals surface area (Å²) in [6.45, 7) is 5.12. The quantitative estimate of drug-likeness (QED) is 0.526. The lowest BCUT2D eigenvalue weighted by Crippen LogP contribution is -2.07. The lowest BCUT2D eigenvalue weighted by atomic mass is 9.98. The van der Waals surface area contributed by atoms with E-state index in [0.29, 0.717) is 0 Å². The van der Waals surface area contributed by atoms with Crippen molar-refractivity contribution in [1.29, 1.82) is 0 Å². The summed E-state index contributed by atoms with van der Waals surface area (Å²) in [5, 5.41) is 3.64. The highest BCUT2D eigenvalue weighted by atomic mass is 15.1. The number of nitrogens with one attached hydrogen (secondary N) is 1. The highest BCUT2D eigenvalue weighted by Gasteiger charge is 2.20. The maximum Gasteiger partial charge on any atom is 0.138 e. The summed E-state index contributed by atoms with van der Waals surface area (Å²) in [7, 11) is 0. The summed E-state index contributed by atoms with van der Waals surface area (Å²) in [5.41, 5.74) is 5.78. The van der Waals surface area contributed by atoms with Crippen LogP contribution in [0.15, 0.2) is 78.9 Å². The Balaban J connectivity index is 1.78. The molecule has 2 aromatic heterocycles. The van der Waals surface area contributed by atoms with E-state index in [0.717, 1.165) is 23.7 Å². The van der Waals surface area contributed by atoms with Crippen molar-refractivity contribution in [2.24, 2.45) is 0 Å². The van der Waals surface area contributed by atoms with Gasteiger partial charge in [0.05, 0.1) is 5.69 Å². The van der Waals surface area contributed by atoms with Crippen LogP contribution in [-0.2, 0) is 6.54 Å². The number of nitrogens with zero attached hydrogens (tertiary/aromatic N) is 2. The second kappa shape index (κ2) is 7.04. The average molecular weight is 341 g/mol. The molecule has 0 fully saturated rings. The van der Waals surface area contributed by atoms with E-state index in [1.165, 1.54) is 16.8 Å². The monoisotopic (exact) mass is 341 g/mol. The molecule has 3 heteroatoms. The van der Waals surface area contributed by atoms with Crippen LogP contribution in [0.25, 0.3) is 5.65 Å². The molecule has 0 aliphatic rings. The molecule has 1 atom stereocenters. The van der Waals surface area contributed by atoms with Crippen molar-refractivity contribution in [3.05, 3.63) is 101 Å². The zero-order valence-corrected chi connectivity index (χ0v) is 15.2. The number of fused-ring (bicyclic) bond motifs is 1. The summed E-state index contributed by atoms with van der Waals surface area (Å²) >= 11 is 0. The van der Waals surface area contributed by atoms with Gasteiger partial charge in [-0.05, 0) is 30.2 Å². The van der Waals surface area contributed by atoms with Crippen LogP contribution >= 0.6 is 0 Å². The Morgan fingerprint density at radius 2 is 1.58 bits per heavy atom. The molecule has 3 nitrogen and oxygen atoms in total. The first-order chi connectivity index (χ1) is 12.7. The first-order valence-electron chi connectivity index (χ1n) is 9.05. The van der Waals surface area contributed by atoms with Crippen LogP contribution in [0.4, 0.5) is 5.82 Å². The van der Waals surface area contributed by atoms with E-state index < -0.39 is 0 Å². The zero-order valence-electron chi connectivity index (χ0n) is 15.2. The van der Waals surface area contributed by atoms with Gasteiger partial charge >= 0.3 is 0 Å². The van der Waals surface area contributed by atoms with Crippen molar-refractivity contribution in [3.63, 3.8) is 0 Å². The summed E-state index contributed by atoms with van der Waals surface area (Å²) in [5.74, 6) is 1.30. The third kappa shape index (κ3) is 3.08. The minimum Gasteiger partial charge on any atom is -0.366 e. The largest absolute Gasteiger partial charge is 0.366 e. The number of anilines is 1. The predicted octanol–water partition coefficient (Wildman–Crippen LogP) is 5.41. The van der Waals surface area contributed by atoms with Gasteiger partial charge in [0.1, 0.15) is 11.5 Å². The normalized spacial score (nSPS) is 12.2. The SMILES string of the molecule is Cc1cccc2nc(C(C)c3ccccc3)c(NCc3ccccc3)n12. The third-order valence-electron chi connectivity index (χ3n) is 4.88. The van der Waals surface area contributed by atoms with Gasteiger partial charge in [-0.2, -0.15) is 0 Å². The lowest BCUT2D eigenvalue weighted by molar-refractivity contribution is 0.881. The molecule has 1 N–H and O–H groups in total. The summed E-state index contributed by atoms with van der Waals surface area (Å²) in [6, 6.07) is 27.3. The number of aryl methyl sites for hydroxylation is 1. The van der Waals surface area contributed by atoms with Gasteiger partial charge in [-0.3, -0.25) is 4.40 Å². The average Bonchev–Trinajstić information content (AvgIpc) is 3.07. The topological polar surface area (TPSA) is 29.3 Å². The standard InChI is InChI=1S/C23H23N3/c1-17-10-9-15-21-25-22(18(2)20-13-7-4-8-14-20)23(26(17)21)24-16-19-11-5-3-6-12-19/h3-15,18,24H,16H2,1-2H3. The fourth-order valence-corrected chi connectivity index (χ4v) is 3.43. The number of rotatable bonds is 5. The summed E-state index contributed by atoms with van der Waals surface area (Å²) in [4.78, 5) is 4.96. The predicted molar refractivity (Wildman–Crippen MR) is 108 cm³/mol. The van der Waals surface area contributed by atoms with E-state index in [2.05, 4.69) is 96.4 Å². The summed E-state index contributed by atoms with van der Waals surface area (Å²) < 4.78 is 2.22. The molecule has 0 amide bonds. The molecule has 26 heavy (non-hydrogen) atoms. The number of benzene rings is 2. The Morgan fingerprint density at radius 3 is 2.31 bits per heavy atom. The van der Waals surface area contributed by atoms with Crippen LogP contribution in [0.2, 0.25) is 0 Å². The second-order valence-corrected chi connectivity index (χ2v) is 6.68. The molecule has 130 valence electrons. The van der Waals surface area contributed by atoms with E-state index in [1.807, 2.05) is 6.07 Å². The molecule has 0 spiro atoms. The van der Waals surface area contributed by atoms with Crippen LogP contribution < -0.4 is 5.32 Å². The number of imidazole rings is 1. The molecule has 0 aliphatic heterocycles. The molecular weight excluding hydrogens is 318 g/mol. The van der Waals surface area contributed by atoms with Crippen LogP contribution in [0.3, 0.4) is 0 Å². The molecule has 2 aromatic carbocycles. The fourth-order valence-electron chi connectivity index (χ4n) is 3.43. The van der Waals surface area contributed by atoms with E-state index in [9.17, 15) is 0 Å². The smallest absolute Gasteiger partial charge is 0.138 e. The minimum absolute atomic E-state index is 0.216. The van der Waals surface area contributed by atoms with Crippen LogP contribution in [-0.4, -0.2) is 9.38 Å². The van der Waals surface area contributed by atoms with Gasteiger partial charge in [0.15, 0.2) is 0 Å². The molecule has 0 bridgehead atoms. The van der Waals surface area contributed by atoms with Crippen LogP contribution in [0.1, 0.15) is 35.4 Å². The van der Waals surface area contributed by atoms with Gasteiger partial charge in [0.2, 0.25) is 0 Å². The Morgan fingerprint density at radius 1 is 0.885 bits per heavy atom. The number of hydrogen-bond donors (Lipinski definition) is 1. The third-order valence-corrected chi connectivity index (χ3v) is 4.88. The highest BCUT2D eigenvalue weighted by molar-refractivity contribution is 5.59. The molecule has 0 saturated carbocycles. The molecule has 0 saturated heterocycles. The minimum atomic E-state index is 0.216. The molecule has 4 aromatic rings. The van der Waals surface area contributed by atoms with Crippen molar-refractivity contribution in [1.82, 2.24) is 9.38 Å². The first-order valence-corrected chi connectivity index (χ1v) is 9.05. The maximum atomic E-state index is 4.96. The highest BCUT2D eigenvalue weighted by Crippen LogP contribution is 2.31. The van der Waals surface area contributed by atoms with Crippen molar-refractivity contribution >= 4 is 11.5 Å². The van der Waals surface area contributed by atoms with Gasteiger partial charge in [0.25, 0.3) is 0 Å². The Bertz CT molecular complexity index is 1000. The number of pyridine rings is 1. The number of aromatic nitrogens is 2. The van der Waals surface area contributed by atoms with Gasteiger partial charge in [-0.15, -0.1) is 0 Å². The summed E-state index contributed by atoms with van der Waals surface area (Å²) in [6.07, 6.45) is 0. The molecule has 0 aliphatic carbocycles. The van der Waals surface area contributed by atoms with E-state index >= 15 is 0 Å². The molecule has 1 unspecified atom stereocenters. The van der Waals surface area contributed by atoms with Gasteiger partial charge in [-0.1, -0.05) is 73.7 Å². The first kappa shape index (κ1) is 16.4. The molecule has 2 heterocycles. The fraction of sp³-hybridized carbons (Fsp3) is 0.174. The van der Waals surface area contributed by atoms with Gasteiger partial charge in [0, 0.05) is 18.2 Å². The second-order valence-electron chi connectivity index (χ2n) is 6.68. The van der Waals surface area contributed by atoms with E-state index in [1.54, 1.807) is 0 Å². The molecular formula is C23H23N3. The van der Waals surface area contributed by atoms with E-state index in [4.69, 9.17) is 4.98 Å². The van der Waals surface area contributed by atoms with Crippen molar-refractivity contribution in [2.45, 2.75) is 26.3 Å². The van der Waals surface area contributed by atoms with Gasteiger partial charge < -0.3 is 5.32 Å². The van der Waals surface area contributed by atoms with E-state index in [-0.39, 0.29) is 5.92 Å². The van der Waals surface area contributed by atoms with Crippen molar-refractivity contribution in [3.8, 4) is 0 Å². The van der Waals surface area contributed by atoms with Crippen molar-refractivity contribution in [2.75, 3.05) is 5.32 Å². The van der Waals surface area contributed by atoms with Crippen LogP contribution in [0.5, 0.6) is 0 Å². The molecule has 4 rings (SSSR count). The van der Waals surface area contributed by atoms with Crippen LogP contribution in [0, 0.1) is 6.92 Å². The maximum absolute atomic E-state index is 4.96. The van der Waals surface area contributed by atoms with Gasteiger partial charge in [-0.25, -0.2) is 4.98 Å². The van der Waals surface area contributed by atoms with Crippen molar-refractivity contribution < 1.29 is 0 Å².